The van der Waals surface area contributed by atoms with Gasteiger partial charge < -0.3 is 9.84 Å². The molecule has 0 amide bonds. The minimum Gasteiger partial charge on any atom is -0.390 e. The Balaban J connectivity index is 1.51. The summed E-state index contributed by atoms with van der Waals surface area (Å²) in [6, 6.07) is 9.46. The largest absolute Gasteiger partial charge is 0.390 e. The number of aromatic nitrogens is 4. The molecule has 2 atom stereocenters. The Bertz CT molecular complexity index is 885. The second-order valence-electron chi connectivity index (χ2n) is 6.14. The predicted octanol–water partition coefficient (Wildman–Crippen LogP) is 3.63. The highest BCUT2D eigenvalue weighted by atomic mass is 35.5. The van der Waals surface area contributed by atoms with Crippen molar-refractivity contribution in [2.45, 2.75) is 38.1 Å². The van der Waals surface area contributed by atoms with Crippen molar-refractivity contribution in [3.05, 3.63) is 52.3 Å². The summed E-state index contributed by atoms with van der Waals surface area (Å²) >= 11 is 7.28. The van der Waals surface area contributed by atoms with Gasteiger partial charge in [0, 0.05) is 22.2 Å². The lowest BCUT2D eigenvalue weighted by molar-refractivity contribution is 0.00621. The van der Waals surface area contributed by atoms with Crippen LogP contribution in [0.1, 0.15) is 30.0 Å². The second kappa shape index (κ2) is 8.35. The Hall–Kier alpha value is -1.67. The predicted molar refractivity (Wildman–Crippen MR) is 103 cm³/mol. The number of ether oxygens (including phenoxy) is 1. The zero-order valence-electron chi connectivity index (χ0n) is 14.9. The van der Waals surface area contributed by atoms with E-state index >= 15 is 0 Å². The van der Waals surface area contributed by atoms with Crippen molar-refractivity contribution in [3.63, 3.8) is 0 Å². The lowest BCUT2D eigenvalue weighted by Crippen LogP contribution is -2.19. The van der Waals surface area contributed by atoms with E-state index in [0.717, 1.165) is 17.0 Å². The molecule has 2 aromatic heterocycles. The number of thioether (sulfide) groups is 1. The van der Waals surface area contributed by atoms with Crippen molar-refractivity contribution >= 4 is 29.1 Å². The highest BCUT2D eigenvalue weighted by Crippen LogP contribution is 2.21. The molecule has 1 aromatic carbocycles. The van der Waals surface area contributed by atoms with Gasteiger partial charge in [-0.2, -0.15) is 4.98 Å². The number of benzene rings is 1. The third-order valence-electron chi connectivity index (χ3n) is 3.88. The van der Waals surface area contributed by atoms with Crippen molar-refractivity contribution in [2.24, 2.45) is 0 Å². The smallest absolute Gasteiger partial charge is 0.253 e. The average Bonchev–Trinajstić information content (AvgIpc) is 3.01. The molecule has 0 aliphatic carbocycles. The van der Waals surface area contributed by atoms with Crippen LogP contribution in [0.25, 0.3) is 5.78 Å². The molecular formula is C18H21ClN4O2S. The molecule has 2 heterocycles. The van der Waals surface area contributed by atoms with E-state index in [1.807, 2.05) is 51.1 Å². The summed E-state index contributed by atoms with van der Waals surface area (Å²) in [5.41, 5.74) is 2.91. The van der Waals surface area contributed by atoms with Crippen LogP contribution in [-0.2, 0) is 4.74 Å². The molecule has 0 aliphatic heterocycles. The van der Waals surface area contributed by atoms with Gasteiger partial charge in [0.05, 0.1) is 18.8 Å². The second-order valence-corrected chi connectivity index (χ2v) is 7.56. The van der Waals surface area contributed by atoms with Gasteiger partial charge in [0.25, 0.3) is 5.78 Å². The van der Waals surface area contributed by atoms with Gasteiger partial charge >= 0.3 is 0 Å². The first-order chi connectivity index (χ1) is 12.4. The van der Waals surface area contributed by atoms with E-state index < -0.39 is 6.10 Å². The quantitative estimate of drug-likeness (QED) is 0.619. The van der Waals surface area contributed by atoms with Gasteiger partial charge in [0.2, 0.25) is 5.16 Å². The van der Waals surface area contributed by atoms with Crippen LogP contribution in [0.4, 0.5) is 0 Å². The van der Waals surface area contributed by atoms with Gasteiger partial charge in [-0.15, -0.1) is 5.10 Å². The summed E-state index contributed by atoms with van der Waals surface area (Å²) in [5, 5.41) is 15.9. The van der Waals surface area contributed by atoms with E-state index in [1.165, 1.54) is 11.8 Å². The Labute approximate surface area is 161 Å². The van der Waals surface area contributed by atoms with Gasteiger partial charge in [0.1, 0.15) is 0 Å². The van der Waals surface area contributed by atoms with Gasteiger partial charge in [-0.25, -0.2) is 9.50 Å². The minimum absolute atomic E-state index is 0.116. The number of halogens is 1. The molecule has 0 saturated heterocycles. The maximum Gasteiger partial charge on any atom is 0.253 e. The van der Waals surface area contributed by atoms with Crippen molar-refractivity contribution < 1.29 is 9.84 Å². The number of nitrogens with zero attached hydrogens (tertiary/aromatic N) is 4. The number of hydrogen-bond acceptors (Lipinski definition) is 6. The highest BCUT2D eigenvalue weighted by Gasteiger charge is 2.13. The van der Waals surface area contributed by atoms with Crippen LogP contribution >= 0.6 is 23.4 Å². The molecule has 0 bridgehead atoms. The van der Waals surface area contributed by atoms with Crippen LogP contribution < -0.4 is 0 Å². The van der Waals surface area contributed by atoms with Crippen LogP contribution in [0, 0.1) is 13.8 Å². The first kappa shape index (κ1) is 19.1. The molecule has 3 aromatic rings. The summed E-state index contributed by atoms with van der Waals surface area (Å²) < 4.78 is 7.46. The fourth-order valence-corrected chi connectivity index (χ4v) is 3.36. The van der Waals surface area contributed by atoms with Gasteiger partial charge in [-0.1, -0.05) is 35.5 Å². The molecule has 0 radical (unpaired) electrons. The number of aliphatic hydroxyl groups excluding tert-OH is 1. The van der Waals surface area contributed by atoms with Crippen LogP contribution in [0.3, 0.4) is 0 Å². The summed E-state index contributed by atoms with van der Waals surface area (Å²) in [6.45, 7) is 6.08. The van der Waals surface area contributed by atoms with Crippen molar-refractivity contribution in [1.82, 2.24) is 19.6 Å². The maximum absolute atomic E-state index is 10.2. The topological polar surface area (TPSA) is 72.5 Å². The molecule has 8 heteroatoms. The summed E-state index contributed by atoms with van der Waals surface area (Å²) in [4.78, 5) is 8.76. The molecule has 138 valence electrons. The van der Waals surface area contributed by atoms with E-state index in [4.69, 9.17) is 16.3 Å². The number of fused-ring (bicyclic) bond motifs is 1. The monoisotopic (exact) mass is 392 g/mol. The highest BCUT2D eigenvalue weighted by molar-refractivity contribution is 7.99. The minimum atomic E-state index is -0.614. The molecule has 1 N–H and O–H groups in total. The van der Waals surface area contributed by atoms with E-state index in [-0.39, 0.29) is 12.7 Å². The number of aryl methyl sites for hydroxylation is 2. The molecular weight excluding hydrogens is 372 g/mol. The van der Waals surface area contributed by atoms with Crippen LogP contribution in [0.2, 0.25) is 5.02 Å². The maximum atomic E-state index is 10.2. The summed E-state index contributed by atoms with van der Waals surface area (Å²) in [5.74, 6) is 1.02. The SMILES string of the molecule is Cc1cc(C)n2nc(SC[C@@H](O)CO[C@@H](C)c3ccc(Cl)cc3)nc2n1. The number of aliphatic hydroxyl groups is 1. The first-order valence-corrected chi connectivity index (χ1v) is 9.67. The van der Waals surface area contributed by atoms with Crippen molar-refractivity contribution in [3.8, 4) is 0 Å². The summed E-state index contributed by atoms with van der Waals surface area (Å²) in [7, 11) is 0. The molecule has 3 rings (SSSR count). The van der Waals surface area contributed by atoms with E-state index in [9.17, 15) is 5.11 Å². The Morgan fingerprint density at radius 2 is 1.96 bits per heavy atom. The zero-order valence-corrected chi connectivity index (χ0v) is 16.5. The Morgan fingerprint density at radius 1 is 1.23 bits per heavy atom. The molecule has 0 aliphatic rings. The van der Waals surface area contributed by atoms with Crippen LogP contribution in [-0.4, -0.2) is 43.2 Å². The lowest BCUT2D eigenvalue weighted by Gasteiger charge is -2.16. The van der Waals surface area contributed by atoms with Crippen LogP contribution in [0.5, 0.6) is 0 Å². The third kappa shape index (κ3) is 4.73. The number of hydrogen-bond donors (Lipinski definition) is 1. The van der Waals surface area contributed by atoms with E-state index in [2.05, 4.69) is 15.1 Å². The zero-order chi connectivity index (χ0) is 18.7. The van der Waals surface area contributed by atoms with E-state index in [1.54, 1.807) is 4.52 Å². The molecule has 0 fully saturated rings. The standard InChI is InChI=1S/C18H21ClN4O2S/c1-11-8-12(2)23-17(20-11)21-18(22-23)26-10-16(24)9-25-13(3)14-4-6-15(19)7-5-14/h4-8,13,16,24H,9-10H2,1-3H3/t13-,16-/m0/s1. The van der Waals surface area contributed by atoms with Gasteiger partial charge in [-0.05, 0) is 44.5 Å². The van der Waals surface area contributed by atoms with Gasteiger partial charge in [0.15, 0.2) is 0 Å². The lowest BCUT2D eigenvalue weighted by atomic mass is 10.1. The van der Waals surface area contributed by atoms with Crippen LogP contribution in [0.15, 0.2) is 35.5 Å². The summed E-state index contributed by atoms with van der Waals surface area (Å²) in [6.07, 6.45) is -0.729. The fourth-order valence-electron chi connectivity index (χ4n) is 2.51. The normalized spacial score (nSPS) is 13.9. The average molecular weight is 393 g/mol. The molecule has 0 unspecified atom stereocenters. The molecule has 6 nitrogen and oxygen atoms in total. The number of rotatable bonds is 7. The Morgan fingerprint density at radius 3 is 2.69 bits per heavy atom. The van der Waals surface area contributed by atoms with Crippen molar-refractivity contribution in [2.75, 3.05) is 12.4 Å². The first-order valence-electron chi connectivity index (χ1n) is 8.31. The van der Waals surface area contributed by atoms with Gasteiger partial charge in [-0.3, -0.25) is 0 Å². The van der Waals surface area contributed by atoms with Crippen molar-refractivity contribution in [1.29, 1.82) is 0 Å². The molecule has 0 spiro atoms. The molecule has 0 saturated carbocycles. The fraction of sp³-hybridized carbons (Fsp3) is 0.389. The van der Waals surface area contributed by atoms with E-state index in [0.29, 0.717) is 21.7 Å². The molecule has 26 heavy (non-hydrogen) atoms. The Kier molecular flexibility index (Phi) is 6.13. The third-order valence-corrected chi connectivity index (χ3v) is 5.12.